The molecule has 27 heavy (non-hydrogen) atoms. The van der Waals surface area contributed by atoms with E-state index in [2.05, 4.69) is 15.4 Å². The number of carbonyl (C=O) groups is 1. The third-order valence-corrected chi connectivity index (χ3v) is 5.07. The van der Waals surface area contributed by atoms with Crippen molar-refractivity contribution in [2.75, 3.05) is 6.54 Å². The van der Waals surface area contributed by atoms with E-state index < -0.39 is 5.63 Å². The van der Waals surface area contributed by atoms with Gasteiger partial charge in [-0.15, -0.1) is 0 Å². The van der Waals surface area contributed by atoms with E-state index in [1.54, 1.807) is 10.6 Å². The Bertz CT molecular complexity index is 1170. The molecule has 1 amide bonds. The van der Waals surface area contributed by atoms with Gasteiger partial charge in [-0.1, -0.05) is 23.5 Å². The van der Waals surface area contributed by atoms with Crippen LogP contribution < -0.4 is 10.9 Å². The van der Waals surface area contributed by atoms with Crippen molar-refractivity contribution in [2.45, 2.75) is 26.7 Å². The van der Waals surface area contributed by atoms with Gasteiger partial charge in [0, 0.05) is 24.4 Å². The van der Waals surface area contributed by atoms with Crippen LogP contribution in [0.4, 0.5) is 0 Å². The average molecular weight is 382 g/mol. The maximum atomic E-state index is 12.3. The maximum absolute atomic E-state index is 12.3. The molecule has 4 aromatic rings. The first kappa shape index (κ1) is 17.4. The minimum atomic E-state index is -0.447. The summed E-state index contributed by atoms with van der Waals surface area (Å²) in [6.45, 7) is 4.34. The third kappa shape index (κ3) is 3.75. The van der Waals surface area contributed by atoms with Gasteiger partial charge in [-0.25, -0.2) is 14.3 Å². The lowest BCUT2D eigenvalue weighted by Crippen LogP contribution is -2.27. The topological polar surface area (TPSA) is 89.5 Å². The van der Waals surface area contributed by atoms with E-state index in [4.69, 9.17) is 4.42 Å². The monoisotopic (exact) mass is 382 g/mol. The second-order valence-electron chi connectivity index (χ2n) is 6.45. The lowest BCUT2D eigenvalue weighted by Gasteiger charge is -2.07. The van der Waals surface area contributed by atoms with E-state index in [-0.39, 0.29) is 12.3 Å². The molecule has 0 unspecified atom stereocenters. The van der Waals surface area contributed by atoms with Crippen LogP contribution in [0.15, 0.2) is 39.7 Å². The van der Waals surface area contributed by atoms with Crippen LogP contribution in [0.25, 0.3) is 15.9 Å². The zero-order chi connectivity index (χ0) is 19.0. The molecule has 7 nitrogen and oxygen atoms in total. The Morgan fingerprint density at radius 1 is 1.30 bits per heavy atom. The molecule has 3 aromatic heterocycles. The Morgan fingerprint density at radius 3 is 2.96 bits per heavy atom. The van der Waals surface area contributed by atoms with Crippen LogP contribution in [0.5, 0.6) is 0 Å². The number of nitrogens with zero attached hydrogens (tertiary/aromatic N) is 3. The Kier molecular flexibility index (Phi) is 4.49. The van der Waals surface area contributed by atoms with Crippen LogP contribution in [0.2, 0.25) is 0 Å². The maximum Gasteiger partial charge on any atom is 0.336 e. The molecule has 8 heteroatoms. The molecule has 0 spiro atoms. The van der Waals surface area contributed by atoms with Crippen molar-refractivity contribution < 1.29 is 9.21 Å². The smallest absolute Gasteiger partial charge is 0.336 e. The van der Waals surface area contributed by atoms with Gasteiger partial charge in [0.1, 0.15) is 10.6 Å². The summed E-state index contributed by atoms with van der Waals surface area (Å²) in [5, 5.41) is 8.96. The molecule has 138 valence electrons. The van der Waals surface area contributed by atoms with Crippen molar-refractivity contribution in [2.24, 2.45) is 0 Å². The van der Waals surface area contributed by atoms with E-state index in [0.717, 1.165) is 26.6 Å². The number of benzene rings is 1. The molecule has 1 aromatic carbocycles. The van der Waals surface area contributed by atoms with Gasteiger partial charge in [0.2, 0.25) is 10.9 Å². The number of rotatable bonds is 5. The normalized spacial score (nSPS) is 11.3. The Balaban J connectivity index is 1.41. The van der Waals surface area contributed by atoms with Crippen molar-refractivity contribution in [1.29, 1.82) is 0 Å². The molecule has 1 N–H and O–H groups in total. The number of hydrogen-bond acceptors (Lipinski definition) is 6. The van der Waals surface area contributed by atoms with Crippen molar-refractivity contribution in [3.8, 4) is 0 Å². The van der Waals surface area contributed by atoms with Crippen LogP contribution in [0.3, 0.4) is 0 Å². The van der Waals surface area contributed by atoms with Crippen molar-refractivity contribution >= 4 is 33.2 Å². The molecular formula is C19H18N4O3S. The minimum absolute atomic E-state index is 0.129. The first-order valence-electron chi connectivity index (χ1n) is 8.60. The number of imidazole rings is 1. The van der Waals surface area contributed by atoms with E-state index in [1.807, 2.05) is 32.2 Å². The Morgan fingerprint density at radius 2 is 2.15 bits per heavy atom. The Labute approximate surface area is 158 Å². The summed E-state index contributed by atoms with van der Waals surface area (Å²) in [4.78, 5) is 29.4. The molecule has 0 aliphatic heterocycles. The number of fused-ring (bicyclic) bond motifs is 2. The summed E-state index contributed by atoms with van der Waals surface area (Å²) in [6.07, 6.45) is 2.63. The molecule has 0 aliphatic rings. The lowest BCUT2D eigenvalue weighted by atomic mass is 10.1. The number of hydrogen-bond donors (Lipinski definition) is 1. The molecule has 0 bridgehead atoms. The highest BCUT2D eigenvalue weighted by atomic mass is 32.1. The molecule has 0 radical (unpaired) electrons. The van der Waals surface area contributed by atoms with Crippen LogP contribution in [0, 0.1) is 13.8 Å². The van der Waals surface area contributed by atoms with Gasteiger partial charge in [0.25, 0.3) is 0 Å². The highest BCUT2D eigenvalue weighted by molar-refractivity contribution is 7.16. The van der Waals surface area contributed by atoms with E-state index in [0.29, 0.717) is 24.1 Å². The van der Waals surface area contributed by atoms with Gasteiger partial charge >= 0.3 is 5.63 Å². The average Bonchev–Trinajstić information content (AvgIpc) is 3.10. The minimum Gasteiger partial charge on any atom is -0.423 e. The summed E-state index contributed by atoms with van der Waals surface area (Å²) < 4.78 is 6.99. The van der Waals surface area contributed by atoms with Crippen LogP contribution >= 0.6 is 11.3 Å². The summed E-state index contributed by atoms with van der Waals surface area (Å²) in [5.41, 5.74) is 2.61. The third-order valence-electron chi connectivity index (χ3n) is 4.23. The largest absolute Gasteiger partial charge is 0.423 e. The zero-order valence-corrected chi connectivity index (χ0v) is 15.8. The first-order valence-corrected chi connectivity index (χ1v) is 9.41. The van der Waals surface area contributed by atoms with E-state index in [1.165, 1.54) is 17.4 Å². The van der Waals surface area contributed by atoms with E-state index >= 15 is 0 Å². The predicted octanol–water partition coefficient (Wildman–Crippen LogP) is 2.42. The summed E-state index contributed by atoms with van der Waals surface area (Å²) in [6, 6.07) is 7.00. The van der Waals surface area contributed by atoms with Crippen molar-refractivity contribution in [3.63, 3.8) is 0 Å². The summed E-state index contributed by atoms with van der Waals surface area (Å²) >= 11 is 1.53. The number of carbonyl (C=O) groups excluding carboxylic acids is 1. The molecule has 0 atom stereocenters. The molecule has 0 saturated carbocycles. The molecule has 0 saturated heterocycles. The molecule has 0 fully saturated rings. The predicted molar refractivity (Wildman–Crippen MR) is 103 cm³/mol. The van der Waals surface area contributed by atoms with E-state index in [9.17, 15) is 9.59 Å². The molecule has 4 rings (SSSR count). The second-order valence-corrected chi connectivity index (χ2v) is 7.61. The van der Waals surface area contributed by atoms with Crippen LogP contribution in [-0.2, 0) is 17.6 Å². The zero-order valence-electron chi connectivity index (χ0n) is 15.0. The number of nitrogens with one attached hydrogen (secondary N) is 1. The fourth-order valence-electron chi connectivity index (χ4n) is 3.01. The SMILES string of the molecule is Cc1ccc2c(CC(=O)NCCc3cn4nc(C)sc4n3)cc(=O)oc2c1. The number of aryl methyl sites for hydroxylation is 2. The van der Waals surface area contributed by atoms with Crippen molar-refractivity contribution in [1.82, 2.24) is 19.9 Å². The van der Waals surface area contributed by atoms with Crippen molar-refractivity contribution in [3.05, 3.63) is 62.7 Å². The molecule has 3 heterocycles. The fourth-order valence-corrected chi connectivity index (χ4v) is 3.76. The second kappa shape index (κ2) is 6.96. The highest BCUT2D eigenvalue weighted by Gasteiger charge is 2.11. The molecular weight excluding hydrogens is 364 g/mol. The van der Waals surface area contributed by atoms with Gasteiger partial charge in [0.05, 0.1) is 18.3 Å². The lowest BCUT2D eigenvalue weighted by molar-refractivity contribution is -0.120. The van der Waals surface area contributed by atoms with Crippen LogP contribution in [0.1, 0.15) is 21.8 Å². The van der Waals surface area contributed by atoms with Gasteiger partial charge in [-0.05, 0) is 31.0 Å². The first-order chi connectivity index (χ1) is 13.0. The van der Waals surface area contributed by atoms with Crippen LogP contribution in [-0.4, -0.2) is 27.0 Å². The summed E-state index contributed by atoms with van der Waals surface area (Å²) in [7, 11) is 0. The summed E-state index contributed by atoms with van der Waals surface area (Å²) in [5.74, 6) is -0.141. The highest BCUT2D eigenvalue weighted by Crippen LogP contribution is 2.19. The standard InChI is InChI=1S/C19H18N4O3S/c1-11-3-4-15-13(9-18(25)26-16(15)7-11)8-17(24)20-6-5-14-10-23-19(21-14)27-12(2)22-23/h3-4,7,9-10H,5-6,8H2,1-2H3,(H,20,24). The molecule has 0 aliphatic carbocycles. The number of amides is 1. The Hall–Kier alpha value is -3.00. The number of aromatic nitrogens is 3. The van der Waals surface area contributed by atoms with Gasteiger partial charge < -0.3 is 9.73 Å². The van der Waals surface area contributed by atoms with Gasteiger partial charge in [-0.3, -0.25) is 4.79 Å². The van der Waals surface area contributed by atoms with Gasteiger partial charge in [-0.2, -0.15) is 5.10 Å². The van der Waals surface area contributed by atoms with Gasteiger partial charge in [0.15, 0.2) is 0 Å². The quantitative estimate of drug-likeness (QED) is 0.536. The fraction of sp³-hybridized carbons (Fsp3) is 0.263.